The van der Waals surface area contributed by atoms with Crippen LogP contribution in [0.5, 0.6) is 0 Å². The first-order valence-electron chi connectivity index (χ1n) is 18.4. The number of carbonyl (C=O) groups excluding carboxylic acids is 3. The number of thioether (sulfide) groups is 2. The van der Waals surface area contributed by atoms with Gasteiger partial charge in [-0.3, -0.25) is 14.5 Å². The van der Waals surface area contributed by atoms with Gasteiger partial charge in [-0.2, -0.15) is 0 Å². The average Bonchev–Trinajstić information content (AvgIpc) is 3.78. The molecule has 318 valence electrons. The molecule has 0 bridgehead atoms. The van der Waals surface area contributed by atoms with Gasteiger partial charge in [0.05, 0.1) is 11.5 Å². The van der Waals surface area contributed by atoms with Crippen LogP contribution in [0, 0.1) is 0 Å². The van der Waals surface area contributed by atoms with Crippen LogP contribution in [-0.4, -0.2) is 161 Å². The van der Waals surface area contributed by atoms with Crippen LogP contribution in [0.15, 0.2) is 4.99 Å². The SMILES string of the molecule is C.C1CCOC1.CCN(CC)C(=S)SCC(=O)NC(C)(C)C(=O)NCCN.CCN(CC)C(=S)SCC1=NC(C)(C)C(=O)O1.NCCN(CCN)CCN. The maximum Gasteiger partial charge on any atom is 0.340 e. The number of thiocarbonyl (C=S) groups is 2. The first-order chi connectivity index (χ1) is 25.0. The Bertz CT molecular complexity index is 1070. The van der Waals surface area contributed by atoms with Gasteiger partial charge in [-0.25, -0.2) is 9.79 Å². The van der Waals surface area contributed by atoms with Crippen molar-refractivity contribution >= 4 is 80.3 Å². The molecular formula is C35H74N10O5S4. The van der Waals surface area contributed by atoms with E-state index in [2.05, 4.69) is 39.3 Å². The van der Waals surface area contributed by atoms with Gasteiger partial charge in [-0.1, -0.05) is 55.4 Å². The fourth-order valence-corrected chi connectivity index (χ4v) is 6.76. The van der Waals surface area contributed by atoms with Crippen molar-refractivity contribution in [2.45, 2.75) is 86.7 Å². The minimum absolute atomic E-state index is 0. The average molecular weight is 843 g/mol. The summed E-state index contributed by atoms with van der Waals surface area (Å²) in [5.74, 6) is 0.425. The topological polar surface area (TPSA) is 220 Å². The molecule has 1 fully saturated rings. The summed E-state index contributed by atoms with van der Waals surface area (Å²) < 4.78 is 11.5. The predicted molar refractivity (Wildman–Crippen MR) is 238 cm³/mol. The van der Waals surface area contributed by atoms with Crippen molar-refractivity contribution in [3.8, 4) is 0 Å². The number of carbonyl (C=O) groups is 3. The van der Waals surface area contributed by atoms with E-state index in [-0.39, 0.29) is 31.0 Å². The highest BCUT2D eigenvalue weighted by Gasteiger charge is 2.36. The zero-order chi connectivity index (χ0) is 40.9. The molecule has 2 aliphatic rings. The highest BCUT2D eigenvalue weighted by molar-refractivity contribution is 8.23. The van der Waals surface area contributed by atoms with Gasteiger partial charge in [0.25, 0.3) is 0 Å². The Kier molecular flexibility index (Phi) is 35.1. The van der Waals surface area contributed by atoms with Gasteiger partial charge in [-0.15, -0.1) is 0 Å². The first-order valence-corrected chi connectivity index (χ1v) is 21.2. The molecular weight excluding hydrogens is 769 g/mol. The third kappa shape index (κ3) is 26.2. The number of nitrogens with one attached hydrogen (secondary N) is 2. The zero-order valence-corrected chi connectivity index (χ0v) is 36.8. The number of esters is 1. The van der Waals surface area contributed by atoms with E-state index in [9.17, 15) is 14.4 Å². The van der Waals surface area contributed by atoms with Gasteiger partial charge in [-0.05, 0) is 68.2 Å². The van der Waals surface area contributed by atoms with Crippen molar-refractivity contribution in [3.05, 3.63) is 0 Å². The molecule has 2 aliphatic heterocycles. The number of nitrogens with zero attached hydrogens (tertiary/aromatic N) is 4. The molecule has 0 spiro atoms. The van der Waals surface area contributed by atoms with Crippen molar-refractivity contribution in [1.29, 1.82) is 0 Å². The highest BCUT2D eigenvalue weighted by Crippen LogP contribution is 2.21. The van der Waals surface area contributed by atoms with Crippen LogP contribution >= 0.6 is 48.0 Å². The molecule has 19 heteroatoms. The lowest BCUT2D eigenvalue weighted by Gasteiger charge is -2.25. The van der Waals surface area contributed by atoms with Crippen LogP contribution in [-0.2, 0) is 23.9 Å². The molecule has 0 aromatic heterocycles. The van der Waals surface area contributed by atoms with Crippen molar-refractivity contribution < 1.29 is 23.9 Å². The molecule has 54 heavy (non-hydrogen) atoms. The molecule has 0 atom stereocenters. The van der Waals surface area contributed by atoms with E-state index in [0.29, 0.717) is 48.7 Å². The van der Waals surface area contributed by atoms with Crippen LogP contribution < -0.4 is 33.6 Å². The van der Waals surface area contributed by atoms with E-state index in [1.807, 2.05) is 18.7 Å². The minimum atomic E-state index is -0.969. The van der Waals surface area contributed by atoms with Gasteiger partial charge in [0.2, 0.25) is 17.7 Å². The van der Waals surface area contributed by atoms with E-state index in [1.165, 1.54) is 36.4 Å². The molecule has 1 saturated heterocycles. The predicted octanol–water partition coefficient (Wildman–Crippen LogP) is 1.99. The molecule has 2 amide bonds. The summed E-state index contributed by atoms with van der Waals surface area (Å²) in [5.41, 5.74) is 19.7. The largest absolute Gasteiger partial charge is 0.409 e. The zero-order valence-electron chi connectivity index (χ0n) is 33.5. The Balaban J connectivity index is -0.000000700. The molecule has 0 saturated carbocycles. The summed E-state index contributed by atoms with van der Waals surface area (Å²) in [6.07, 6.45) is 2.56. The number of nitrogens with two attached hydrogens (primary N) is 4. The molecule has 0 aromatic carbocycles. The Hall–Kier alpha value is -1.68. The number of rotatable bonds is 18. The van der Waals surface area contributed by atoms with Crippen molar-refractivity contribution in [2.75, 3.05) is 103 Å². The van der Waals surface area contributed by atoms with Crippen molar-refractivity contribution in [1.82, 2.24) is 25.3 Å². The second-order valence-corrected chi connectivity index (χ2v) is 15.9. The minimum Gasteiger partial charge on any atom is -0.409 e. The normalized spacial score (nSPS) is 14.0. The number of cyclic esters (lactones) is 1. The molecule has 0 aliphatic carbocycles. The number of ether oxygens (including phenoxy) is 2. The van der Waals surface area contributed by atoms with Crippen molar-refractivity contribution in [2.24, 2.45) is 27.9 Å². The number of amides is 2. The van der Waals surface area contributed by atoms with Gasteiger partial charge < -0.3 is 52.8 Å². The van der Waals surface area contributed by atoms with Crippen LogP contribution in [0.25, 0.3) is 0 Å². The van der Waals surface area contributed by atoms with E-state index in [1.54, 1.807) is 27.7 Å². The third-order valence-electron chi connectivity index (χ3n) is 7.42. The maximum absolute atomic E-state index is 11.9. The fourth-order valence-electron chi connectivity index (χ4n) is 4.31. The second kappa shape index (κ2) is 33.5. The van der Waals surface area contributed by atoms with E-state index >= 15 is 0 Å². The lowest BCUT2D eigenvalue weighted by atomic mass is 10.0. The number of hydrogen-bond acceptors (Lipinski definition) is 15. The standard InChI is InChI=1S/C13H26N4O2S2.C11H18N2O2S2.C6H18N4.C4H8O.CH4/c1-5-17(6-2)12(20)21-9-10(18)16-13(3,4)11(19)15-8-7-14;1-5-13(6-2)10(16)17-7-8-12-11(3,4)9(14)15-8;7-1-4-10(5-2-8)6-3-9;1-2-4-5-3-1;/h5-9,14H2,1-4H3,(H,15,19)(H,16,18);5-7H2,1-4H3;1-9H2;1-4H2;1H4. The highest BCUT2D eigenvalue weighted by atomic mass is 32.2. The molecule has 2 rings (SSSR count). The van der Waals surface area contributed by atoms with Gasteiger partial charge in [0.1, 0.15) is 14.2 Å². The molecule has 0 radical (unpaired) electrons. The number of hydrogen-bond donors (Lipinski definition) is 6. The van der Waals surface area contributed by atoms with Crippen molar-refractivity contribution in [3.63, 3.8) is 0 Å². The lowest BCUT2D eigenvalue weighted by Crippen LogP contribution is -2.55. The Morgan fingerprint density at radius 2 is 1.31 bits per heavy atom. The summed E-state index contributed by atoms with van der Waals surface area (Å²) in [4.78, 5) is 45.7. The summed E-state index contributed by atoms with van der Waals surface area (Å²) >= 11 is 13.3. The van der Waals surface area contributed by atoms with Gasteiger partial charge >= 0.3 is 5.97 Å². The van der Waals surface area contributed by atoms with E-state index < -0.39 is 11.1 Å². The van der Waals surface area contributed by atoms with E-state index in [4.69, 9.17) is 56.8 Å². The van der Waals surface area contributed by atoms with Crippen LogP contribution in [0.3, 0.4) is 0 Å². The van der Waals surface area contributed by atoms with Crippen LogP contribution in [0.1, 0.15) is 75.7 Å². The molecule has 0 unspecified atom stereocenters. The Labute approximate surface area is 345 Å². The lowest BCUT2D eigenvalue weighted by molar-refractivity contribution is -0.137. The summed E-state index contributed by atoms with van der Waals surface area (Å²) in [5, 5.41) is 5.36. The molecule has 15 nitrogen and oxygen atoms in total. The maximum atomic E-state index is 11.9. The van der Waals surface area contributed by atoms with Gasteiger partial charge in [0.15, 0.2) is 5.54 Å². The Morgan fingerprint density at radius 3 is 1.67 bits per heavy atom. The third-order valence-corrected chi connectivity index (χ3v) is 10.4. The quantitative estimate of drug-likeness (QED) is 0.0859. The molecule has 10 N–H and O–H groups in total. The second-order valence-electron chi connectivity index (χ2n) is 12.7. The smallest absolute Gasteiger partial charge is 0.340 e. The monoisotopic (exact) mass is 842 g/mol. The first kappa shape index (κ1) is 56.6. The summed E-state index contributed by atoms with van der Waals surface area (Å²) in [6, 6.07) is 0. The molecule has 0 aromatic rings. The van der Waals surface area contributed by atoms with Crippen LogP contribution in [0.4, 0.5) is 0 Å². The summed E-state index contributed by atoms with van der Waals surface area (Å²) in [7, 11) is 0. The van der Waals surface area contributed by atoms with Crippen LogP contribution in [0.2, 0.25) is 0 Å². The fraction of sp³-hybridized carbons (Fsp3) is 0.829. The van der Waals surface area contributed by atoms with Gasteiger partial charge in [0, 0.05) is 91.8 Å². The Morgan fingerprint density at radius 1 is 0.852 bits per heavy atom. The summed E-state index contributed by atoms with van der Waals surface area (Å²) in [6.45, 7) is 25.9. The number of aliphatic imine (C=N–C) groups is 1. The molecule has 2 heterocycles. The van der Waals surface area contributed by atoms with E-state index in [0.717, 1.165) is 63.3 Å².